The van der Waals surface area contributed by atoms with E-state index in [0.717, 1.165) is 28.6 Å². The standard InChI is InChI=1S/C18H14N2OS/c1-21-14-7-8-15-13(9-14)10-16-17(15)20-18(22-16)19-11-12-5-3-2-4-6-12/h2-9,11H,10H2,1H3. The molecule has 0 N–H and O–H groups in total. The van der Waals surface area contributed by atoms with Crippen molar-refractivity contribution in [1.82, 2.24) is 4.98 Å². The predicted molar refractivity (Wildman–Crippen MR) is 90.6 cm³/mol. The molecule has 1 aliphatic carbocycles. The van der Waals surface area contributed by atoms with Crippen molar-refractivity contribution in [3.63, 3.8) is 0 Å². The highest BCUT2D eigenvalue weighted by Gasteiger charge is 2.23. The van der Waals surface area contributed by atoms with Gasteiger partial charge in [0.1, 0.15) is 5.75 Å². The summed E-state index contributed by atoms with van der Waals surface area (Å²) in [5.41, 5.74) is 4.64. The molecule has 0 amide bonds. The predicted octanol–water partition coefficient (Wildman–Crippen LogP) is 4.47. The first-order valence-corrected chi connectivity index (χ1v) is 7.91. The van der Waals surface area contributed by atoms with E-state index in [0.29, 0.717) is 0 Å². The van der Waals surface area contributed by atoms with Gasteiger partial charge in [0.05, 0.1) is 12.8 Å². The van der Waals surface area contributed by atoms with Crippen molar-refractivity contribution in [2.24, 2.45) is 4.99 Å². The van der Waals surface area contributed by atoms with Gasteiger partial charge in [-0.2, -0.15) is 0 Å². The molecule has 2 aromatic carbocycles. The summed E-state index contributed by atoms with van der Waals surface area (Å²) in [5.74, 6) is 0.899. The summed E-state index contributed by atoms with van der Waals surface area (Å²) < 4.78 is 5.29. The Morgan fingerprint density at radius 2 is 2.05 bits per heavy atom. The molecule has 0 saturated heterocycles. The molecule has 0 radical (unpaired) electrons. The summed E-state index contributed by atoms with van der Waals surface area (Å²) in [6.07, 6.45) is 2.78. The van der Waals surface area contributed by atoms with Crippen LogP contribution in [0.25, 0.3) is 11.3 Å². The highest BCUT2D eigenvalue weighted by molar-refractivity contribution is 7.15. The van der Waals surface area contributed by atoms with Crippen LogP contribution in [0, 0.1) is 0 Å². The number of rotatable bonds is 3. The number of benzene rings is 2. The minimum absolute atomic E-state index is 0.815. The summed E-state index contributed by atoms with van der Waals surface area (Å²) >= 11 is 1.66. The Labute approximate surface area is 133 Å². The second-order valence-corrected chi connectivity index (χ2v) is 6.20. The number of hydrogen-bond acceptors (Lipinski definition) is 4. The molecule has 0 atom stereocenters. The van der Waals surface area contributed by atoms with E-state index in [2.05, 4.69) is 22.1 Å². The minimum atomic E-state index is 0.815. The minimum Gasteiger partial charge on any atom is -0.497 e. The monoisotopic (exact) mass is 306 g/mol. The number of thiazole rings is 1. The number of methoxy groups -OCH3 is 1. The lowest BCUT2D eigenvalue weighted by Crippen LogP contribution is -1.86. The van der Waals surface area contributed by atoms with E-state index < -0.39 is 0 Å². The summed E-state index contributed by atoms with van der Waals surface area (Å²) in [6, 6.07) is 16.3. The largest absolute Gasteiger partial charge is 0.497 e. The van der Waals surface area contributed by atoms with Gasteiger partial charge in [0.15, 0.2) is 0 Å². The van der Waals surface area contributed by atoms with Crippen molar-refractivity contribution in [2.45, 2.75) is 6.42 Å². The number of fused-ring (bicyclic) bond motifs is 3. The molecule has 1 aromatic heterocycles. The van der Waals surface area contributed by atoms with Gasteiger partial charge >= 0.3 is 0 Å². The van der Waals surface area contributed by atoms with Crippen molar-refractivity contribution in [2.75, 3.05) is 7.11 Å². The maximum absolute atomic E-state index is 5.29. The Bertz CT molecular complexity index is 853. The molecule has 1 heterocycles. The van der Waals surface area contributed by atoms with E-state index in [1.54, 1.807) is 18.4 Å². The third-order valence-electron chi connectivity index (χ3n) is 3.73. The zero-order valence-electron chi connectivity index (χ0n) is 12.1. The molecule has 0 fully saturated rings. The van der Waals surface area contributed by atoms with Crippen LogP contribution in [-0.4, -0.2) is 18.3 Å². The van der Waals surface area contributed by atoms with Crippen LogP contribution in [0.4, 0.5) is 5.13 Å². The summed E-state index contributed by atoms with van der Waals surface area (Å²) in [7, 11) is 1.70. The quantitative estimate of drug-likeness (QED) is 0.523. The average Bonchev–Trinajstić information content (AvgIpc) is 3.10. The van der Waals surface area contributed by atoms with Gasteiger partial charge in [-0.15, -0.1) is 0 Å². The van der Waals surface area contributed by atoms with E-state index in [1.165, 1.54) is 16.0 Å². The molecule has 0 bridgehead atoms. The lowest BCUT2D eigenvalue weighted by Gasteiger charge is -2.03. The van der Waals surface area contributed by atoms with Crippen LogP contribution in [0.1, 0.15) is 16.0 Å². The molecule has 22 heavy (non-hydrogen) atoms. The first-order valence-electron chi connectivity index (χ1n) is 7.09. The summed E-state index contributed by atoms with van der Waals surface area (Å²) in [4.78, 5) is 10.5. The molecule has 0 aliphatic heterocycles. The fraction of sp³-hybridized carbons (Fsp3) is 0.111. The van der Waals surface area contributed by atoms with E-state index in [4.69, 9.17) is 4.74 Å². The molecule has 4 heteroatoms. The number of aliphatic imine (C=N–C) groups is 1. The second kappa shape index (κ2) is 5.39. The molecule has 1 aliphatic rings. The van der Waals surface area contributed by atoms with Crippen LogP contribution in [0.15, 0.2) is 53.5 Å². The van der Waals surface area contributed by atoms with E-state index in [9.17, 15) is 0 Å². The summed E-state index contributed by atoms with van der Waals surface area (Å²) in [6.45, 7) is 0. The van der Waals surface area contributed by atoms with E-state index in [1.807, 2.05) is 42.6 Å². The number of aromatic nitrogens is 1. The van der Waals surface area contributed by atoms with Crippen molar-refractivity contribution in [1.29, 1.82) is 0 Å². The Balaban J connectivity index is 1.64. The van der Waals surface area contributed by atoms with Gasteiger partial charge in [0, 0.05) is 23.1 Å². The van der Waals surface area contributed by atoms with E-state index >= 15 is 0 Å². The summed E-state index contributed by atoms with van der Waals surface area (Å²) in [5, 5.41) is 0.815. The highest BCUT2D eigenvalue weighted by Crippen LogP contribution is 2.42. The van der Waals surface area contributed by atoms with Gasteiger partial charge < -0.3 is 4.74 Å². The third-order valence-corrected chi connectivity index (χ3v) is 4.69. The van der Waals surface area contributed by atoms with Crippen LogP contribution in [0.2, 0.25) is 0 Å². The van der Waals surface area contributed by atoms with Gasteiger partial charge in [0.25, 0.3) is 0 Å². The lowest BCUT2D eigenvalue weighted by atomic mass is 10.1. The van der Waals surface area contributed by atoms with Crippen LogP contribution in [0.3, 0.4) is 0 Å². The van der Waals surface area contributed by atoms with Crippen LogP contribution in [0.5, 0.6) is 5.75 Å². The van der Waals surface area contributed by atoms with Gasteiger partial charge in [-0.3, -0.25) is 0 Å². The fourth-order valence-corrected chi connectivity index (χ4v) is 3.58. The average molecular weight is 306 g/mol. The maximum atomic E-state index is 5.29. The fourth-order valence-electron chi connectivity index (χ4n) is 2.64. The lowest BCUT2D eigenvalue weighted by molar-refractivity contribution is 0.414. The first-order chi connectivity index (χ1) is 10.8. The molecular formula is C18H14N2OS. The normalized spacial score (nSPS) is 12.4. The molecule has 0 spiro atoms. The Morgan fingerprint density at radius 3 is 2.86 bits per heavy atom. The zero-order chi connectivity index (χ0) is 14.9. The van der Waals surface area contributed by atoms with E-state index in [-0.39, 0.29) is 0 Å². The van der Waals surface area contributed by atoms with Crippen molar-refractivity contribution in [3.8, 4) is 17.0 Å². The van der Waals surface area contributed by atoms with Crippen LogP contribution in [-0.2, 0) is 6.42 Å². The van der Waals surface area contributed by atoms with Gasteiger partial charge in [-0.1, -0.05) is 41.7 Å². The molecule has 0 unspecified atom stereocenters. The molecule has 0 saturated carbocycles. The Kier molecular flexibility index (Phi) is 3.24. The topological polar surface area (TPSA) is 34.5 Å². The van der Waals surface area contributed by atoms with Crippen molar-refractivity contribution < 1.29 is 4.74 Å². The van der Waals surface area contributed by atoms with Gasteiger partial charge in [0.2, 0.25) is 5.13 Å². The van der Waals surface area contributed by atoms with Crippen molar-refractivity contribution >= 4 is 22.7 Å². The molecule has 4 rings (SSSR count). The molecular weight excluding hydrogens is 292 g/mol. The first kappa shape index (κ1) is 13.2. The Hall–Kier alpha value is -2.46. The zero-order valence-corrected chi connectivity index (χ0v) is 12.9. The van der Waals surface area contributed by atoms with Gasteiger partial charge in [-0.05, 0) is 29.3 Å². The smallest absolute Gasteiger partial charge is 0.209 e. The van der Waals surface area contributed by atoms with Crippen LogP contribution < -0.4 is 4.74 Å². The molecule has 3 nitrogen and oxygen atoms in total. The SMILES string of the molecule is COc1ccc2c(c1)Cc1sc(N=Cc3ccccc3)nc1-2. The second-order valence-electron chi connectivity index (χ2n) is 5.14. The maximum Gasteiger partial charge on any atom is 0.209 e. The van der Waals surface area contributed by atoms with Crippen LogP contribution >= 0.6 is 11.3 Å². The number of nitrogens with zero attached hydrogens (tertiary/aromatic N) is 2. The Morgan fingerprint density at radius 1 is 1.18 bits per heavy atom. The highest BCUT2D eigenvalue weighted by atomic mass is 32.1. The number of ether oxygens (including phenoxy) is 1. The third kappa shape index (κ3) is 2.31. The molecule has 108 valence electrons. The number of hydrogen-bond donors (Lipinski definition) is 0. The van der Waals surface area contributed by atoms with Gasteiger partial charge in [-0.25, -0.2) is 9.98 Å². The van der Waals surface area contributed by atoms with Crippen molar-refractivity contribution in [3.05, 3.63) is 64.5 Å². The molecule has 3 aromatic rings.